The van der Waals surface area contributed by atoms with Crippen molar-refractivity contribution < 1.29 is 39.0 Å². The highest BCUT2D eigenvalue weighted by atomic mass is 16.7. The van der Waals surface area contributed by atoms with Crippen molar-refractivity contribution in [3.8, 4) is 11.5 Å². The summed E-state index contributed by atoms with van der Waals surface area (Å²) < 4.78 is 27.3. The van der Waals surface area contributed by atoms with Gasteiger partial charge in [0.1, 0.15) is 42.5 Å². The summed E-state index contributed by atoms with van der Waals surface area (Å²) >= 11 is 0. The van der Waals surface area contributed by atoms with Crippen molar-refractivity contribution in [2.24, 2.45) is 0 Å². The van der Waals surface area contributed by atoms with Gasteiger partial charge >= 0.3 is 0 Å². The summed E-state index contributed by atoms with van der Waals surface area (Å²) in [6, 6.07) is 15.0. The minimum Gasteiger partial charge on any atom is -0.497 e. The van der Waals surface area contributed by atoms with Crippen LogP contribution in [0, 0.1) is 0 Å². The second-order valence-electron chi connectivity index (χ2n) is 7.38. The topological polar surface area (TPSA) is 107 Å². The number of benzene rings is 2. The van der Waals surface area contributed by atoms with Gasteiger partial charge in [-0.3, -0.25) is 0 Å². The molecule has 2 aromatic rings. The monoisotopic (exact) mass is 446 g/mol. The third kappa shape index (κ3) is 5.92. The third-order valence-electron chi connectivity index (χ3n) is 5.15. The Morgan fingerprint density at radius 3 is 2.38 bits per heavy atom. The normalized spacial score (nSPS) is 25.1. The molecule has 0 aromatic heterocycles. The number of methoxy groups -OCH3 is 1. The number of aliphatic hydroxyl groups is 3. The Balaban J connectivity index is 1.71. The lowest BCUT2D eigenvalue weighted by Gasteiger charge is -2.40. The molecule has 174 valence electrons. The summed E-state index contributed by atoms with van der Waals surface area (Å²) in [6.07, 6.45) is -5.88. The maximum Gasteiger partial charge on any atom is 0.271 e. The molecule has 1 saturated heterocycles. The fraction of sp³-hybridized carbons (Fsp3) is 0.417. The van der Waals surface area contributed by atoms with Crippen LogP contribution in [0.5, 0.6) is 11.5 Å². The number of rotatable bonds is 10. The van der Waals surface area contributed by atoms with E-state index in [1.807, 2.05) is 36.4 Å². The Labute approximate surface area is 187 Å². The second-order valence-corrected chi connectivity index (χ2v) is 7.38. The SMILES string of the molecule is C=C(OCC)OC[C@H]1O[C@@H](Oc2ccccc2Cc2ccc(OC)cc2)[C@H](O)[C@@H](O)[C@@H]1O. The van der Waals surface area contributed by atoms with E-state index in [9.17, 15) is 15.3 Å². The van der Waals surface area contributed by atoms with Crippen LogP contribution in [0.15, 0.2) is 61.1 Å². The smallest absolute Gasteiger partial charge is 0.271 e. The van der Waals surface area contributed by atoms with Crippen LogP contribution in [0.4, 0.5) is 0 Å². The van der Waals surface area contributed by atoms with Crippen molar-refractivity contribution in [1.29, 1.82) is 0 Å². The predicted octanol–water partition coefficient (Wildman–Crippen LogP) is 2.00. The maximum atomic E-state index is 10.4. The van der Waals surface area contributed by atoms with E-state index in [1.54, 1.807) is 26.2 Å². The number of hydrogen-bond donors (Lipinski definition) is 3. The Hall–Kier alpha value is -2.78. The lowest BCUT2D eigenvalue weighted by molar-refractivity contribution is -0.279. The van der Waals surface area contributed by atoms with Gasteiger partial charge in [-0.15, -0.1) is 0 Å². The van der Waals surface area contributed by atoms with Crippen LogP contribution in [0.25, 0.3) is 0 Å². The zero-order valence-electron chi connectivity index (χ0n) is 18.2. The van der Waals surface area contributed by atoms with E-state index in [1.165, 1.54) is 0 Å². The Bertz CT molecular complexity index is 869. The summed E-state index contributed by atoms with van der Waals surface area (Å²) in [5, 5.41) is 31.0. The van der Waals surface area contributed by atoms with E-state index in [-0.39, 0.29) is 12.6 Å². The molecule has 0 aliphatic carbocycles. The summed E-state index contributed by atoms with van der Waals surface area (Å²) in [5.41, 5.74) is 1.91. The third-order valence-corrected chi connectivity index (χ3v) is 5.15. The molecule has 1 fully saturated rings. The van der Waals surface area contributed by atoms with Crippen molar-refractivity contribution in [3.63, 3.8) is 0 Å². The van der Waals surface area contributed by atoms with Gasteiger partial charge in [-0.2, -0.15) is 0 Å². The van der Waals surface area contributed by atoms with Gasteiger partial charge in [-0.25, -0.2) is 0 Å². The second kappa shape index (κ2) is 11.2. The molecular weight excluding hydrogens is 416 g/mol. The molecule has 1 aliphatic rings. The molecule has 1 heterocycles. The highest BCUT2D eigenvalue weighted by Gasteiger charge is 2.45. The lowest BCUT2D eigenvalue weighted by atomic mass is 9.99. The molecule has 0 amide bonds. The summed E-state index contributed by atoms with van der Waals surface area (Å²) in [5.74, 6) is 1.34. The molecule has 0 saturated carbocycles. The number of ether oxygens (including phenoxy) is 5. The summed E-state index contributed by atoms with van der Waals surface area (Å²) in [7, 11) is 1.62. The Morgan fingerprint density at radius 2 is 1.69 bits per heavy atom. The molecule has 32 heavy (non-hydrogen) atoms. The fourth-order valence-corrected chi connectivity index (χ4v) is 3.38. The van der Waals surface area contributed by atoms with Crippen molar-refractivity contribution in [2.75, 3.05) is 20.3 Å². The van der Waals surface area contributed by atoms with Gasteiger partial charge in [-0.1, -0.05) is 30.3 Å². The zero-order chi connectivity index (χ0) is 23.1. The van der Waals surface area contributed by atoms with E-state index >= 15 is 0 Å². The predicted molar refractivity (Wildman–Crippen MR) is 116 cm³/mol. The van der Waals surface area contributed by atoms with E-state index in [4.69, 9.17) is 23.7 Å². The summed E-state index contributed by atoms with van der Waals surface area (Å²) in [4.78, 5) is 0. The molecule has 3 N–H and O–H groups in total. The van der Waals surface area contributed by atoms with Crippen molar-refractivity contribution in [1.82, 2.24) is 0 Å². The van der Waals surface area contributed by atoms with E-state index in [0.717, 1.165) is 16.9 Å². The van der Waals surface area contributed by atoms with Crippen LogP contribution < -0.4 is 9.47 Å². The molecule has 5 atom stereocenters. The molecule has 8 heteroatoms. The first-order valence-electron chi connectivity index (χ1n) is 10.4. The minimum atomic E-state index is -1.48. The van der Waals surface area contributed by atoms with Crippen LogP contribution in [0.1, 0.15) is 18.1 Å². The van der Waals surface area contributed by atoms with Gasteiger partial charge in [0, 0.05) is 6.42 Å². The van der Waals surface area contributed by atoms with Crippen molar-refractivity contribution in [3.05, 3.63) is 72.2 Å². The highest BCUT2D eigenvalue weighted by Crippen LogP contribution is 2.28. The van der Waals surface area contributed by atoms with Gasteiger partial charge in [0.2, 0.25) is 6.29 Å². The summed E-state index contributed by atoms with van der Waals surface area (Å²) in [6.45, 7) is 5.64. The molecule has 3 rings (SSSR count). The Morgan fingerprint density at radius 1 is 0.969 bits per heavy atom. The van der Waals surface area contributed by atoms with Crippen molar-refractivity contribution in [2.45, 2.75) is 44.1 Å². The maximum absolute atomic E-state index is 10.4. The first kappa shape index (κ1) is 23.9. The lowest BCUT2D eigenvalue weighted by Crippen LogP contribution is -2.60. The first-order valence-corrected chi connectivity index (χ1v) is 10.4. The first-order chi connectivity index (χ1) is 15.4. The van der Waals surface area contributed by atoms with Crippen LogP contribution >= 0.6 is 0 Å². The van der Waals surface area contributed by atoms with Gasteiger partial charge in [0.05, 0.1) is 13.7 Å². The van der Waals surface area contributed by atoms with E-state index < -0.39 is 30.7 Å². The van der Waals surface area contributed by atoms with Gasteiger partial charge in [0.15, 0.2) is 0 Å². The van der Waals surface area contributed by atoms with Crippen molar-refractivity contribution >= 4 is 0 Å². The van der Waals surface area contributed by atoms with E-state index in [0.29, 0.717) is 18.8 Å². The Kier molecular flexibility index (Phi) is 8.35. The van der Waals surface area contributed by atoms with Crippen LogP contribution in [0.2, 0.25) is 0 Å². The molecule has 0 radical (unpaired) electrons. The minimum absolute atomic E-state index is 0.0752. The van der Waals surface area contributed by atoms with Crippen LogP contribution in [0.3, 0.4) is 0 Å². The molecule has 0 bridgehead atoms. The average Bonchev–Trinajstić information content (AvgIpc) is 2.80. The zero-order valence-corrected chi connectivity index (χ0v) is 18.2. The van der Waals surface area contributed by atoms with Crippen LogP contribution in [-0.4, -0.2) is 66.3 Å². The molecule has 0 spiro atoms. The standard InChI is InChI=1S/C24H30O8/c1-4-29-15(2)30-14-20-21(25)22(26)23(27)24(32-20)31-19-8-6-5-7-17(19)13-16-9-11-18(28-3)12-10-16/h5-12,20-27H,2,4,13-14H2,1,3H3/t20-,21-,22+,23-,24-/m1/s1. The fourth-order valence-electron chi connectivity index (χ4n) is 3.38. The van der Waals surface area contributed by atoms with Gasteiger partial charge in [0.25, 0.3) is 5.95 Å². The molecule has 1 aliphatic heterocycles. The van der Waals surface area contributed by atoms with Crippen LogP contribution in [-0.2, 0) is 20.6 Å². The van der Waals surface area contributed by atoms with Gasteiger partial charge in [-0.05, 0) is 42.8 Å². The average molecular weight is 446 g/mol. The number of para-hydroxylation sites is 1. The number of aliphatic hydroxyl groups excluding tert-OH is 3. The highest BCUT2D eigenvalue weighted by molar-refractivity contribution is 5.39. The molecule has 2 aromatic carbocycles. The molecular formula is C24H30O8. The molecule has 0 unspecified atom stereocenters. The quantitative estimate of drug-likeness (QED) is 0.476. The van der Waals surface area contributed by atoms with E-state index in [2.05, 4.69) is 6.58 Å². The largest absolute Gasteiger partial charge is 0.497 e. The van der Waals surface area contributed by atoms with Gasteiger partial charge < -0.3 is 39.0 Å². The number of hydrogen-bond acceptors (Lipinski definition) is 8. The molecule has 8 nitrogen and oxygen atoms in total.